The Balaban J connectivity index is 0.000000102. The number of benzene rings is 12. The topological polar surface area (TPSA) is 107 Å². The molecule has 0 saturated heterocycles. The van der Waals surface area contributed by atoms with Gasteiger partial charge in [0, 0.05) is 136 Å². The Morgan fingerprint density at radius 3 is 0.919 bits per heavy atom. The van der Waals surface area contributed by atoms with Gasteiger partial charge < -0.3 is 13.7 Å². The van der Waals surface area contributed by atoms with Crippen LogP contribution < -0.4 is 0 Å². The van der Waals surface area contributed by atoms with Crippen molar-refractivity contribution < 1.29 is 0 Å². The average Bonchev–Trinajstić information content (AvgIpc) is 1.55. The lowest BCUT2D eigenvalue weighted by molar-refractivity contribution is 1.14. The molecule has 0 aliphatic rings. The first kappa shape index (κ1) is 64.0. The van der Waals surface area contributed by atoms with E-state index in [1.807, 2.05) is 74.0 Å². The molecule has 0 fully saturated rings. The molecule has 12 aromatic heterocycles. The Bertz CT molecular complexity index is 7700. The summed E-state index contributed by atoms with van der Waals surface area (Å²) < 4.78 is 14.2. The van der Waals surface area contributed by atoms with Crippen molar-refractivity contribution in [1.82, 2.24) is 57.3 Å². The first-order valence-corrected chi connectivity index (χ1v) is 39.2. The van der Waals surface area contributed by atoms with Gasteiger partial charge >= 0.3 is 0 Å². The van der Waals surface area contributed by atoms with Crippen molar-refractivity contribution in [1.29, 1.82) is 0 Å². The van der Waals surface area contributed by atoms with Crippen LogP contribution in [0, 0.1) is 0 Å². The first-order chi connectivity index (χ1) is 55.1. The van der Waals surface area contributed by atoms with Gasteiger partial charge in [0.05, 0.1) is 84.8 Å². The zero-order valence-corrected chi connectivity index (χ0v) is 61.7. The Morgan fingerprint density at radius 1 is 0.198 bits per heavy atom. The van der Waals surface area contributed by atoms with Gasteiger partial charge in [0.15, 0.2) is 0 Å². The third kappa shape index (κ3) is 10.4. The molecule has 0 amide bonds. The molecule has 12 heterocycles. The van der Waals surface area contributed by atoms with E-state index in [-0.39, 0.29) is 0 Å². The number of fused-ring (bicyclic) bond motifs is 20. The SMILES string of the molecule is c1ccc(-c2ncc(-n3c4ccccc4c4c5c6ccccc6n(-c6ccncc6)c5ccc43)s2)cc1.c1ccc(-c2ncc(-n3c4ccccc4c4cc5c6ccccc6n(-c6ccncc6)c5cc43)s2)cc1.c1ccc(-c2ncc(-n3c4ccccc4c4ccc5c6ccccc6n(-c6ccncc6)c5c43)s2)cc1. The molecule has 0 atom stereocenters. The molecule has 111 heavy (non-hydrogen) atoms. The van der Waals surface area contributed by atoms with E-state index in [0.29, 0.717) is 0 Å². The Kier molecular flexibility index (Phi) is 15.2. The highest BCUT2D eigenvalue weighted by Crippen LogP contribution is 2.47. The Morgan fingerprint density at radius 2 is 0.486 bits per heavy atom. The zero-order valence-electron chi connectivity index (χ0n) is 59.2. The maximum atomic E-state index is 4.84. The maximum Gasteiger partial charge on any atom is 0.125 e. The fourth-order valence-electron chi connectivity index (χ4n) is 16.7. The lowest BCUT2D eigenvalue weighted by Gasteiger charge is -2.10. The van der Waals surface area contributed by atoms with E-state index in [0.717, 1.165) is 63.8 Å². The van der Waals surface area contributed by atoms with Gasteiger partial charge in [-0.1, -0.05) is 246 Å². The molecule has 24 aromatic rings. The van der Waals surface area contributed by atoms with Crippen LogP contribution in [0.3, 0.4) is 0 Å². The minimum absolute atomic E-state index is 1.02. The lowest BCUT2D eigenvalue weighted by atomic mass is 10.1. The maximum absolute atomic E-state index is 4.84. The second kappa shape index (κ2) is 26.3. The molecule has 0 N–H and O–H groups in total. The third-order valence-corrected chi connectivity index (χ3v) is 24.5. The van der Waals surface area contributed by atoms with E-state index in [9.17, 15) is 0 Å². The molecule has 24 rings (SSSR count). The fourth-order valence-corrected chi connectivity index (χ4v) is 19.6. The van der Waals surface area contributed by atoms with Crippen LogP contribution >= 0.6 is 34.0 Å². The van der Waals surface area contributed by atoms with E-state index in [1.165, 1.54) is 131 Å². The van der Waals surface area contributed by atoms with Gasteiger partial charge in [-0.05, 0) is 97.1 Å². The lowest BCUT2D eigenvalue weighted by Crippen LogP contribution is -1.97. The fraction of sp³-hybridized carbons (Fsp3) is 0. The van der Waals surface area contributed by atoms with Crippen molar-refractivity contribution >= 4 is 165 Å². The van der Waals surface area contributed by atoms with Crippen molar-refractivity contribution in [3.63, 3.8) is 0 Å². The molecule has 0 unspecified atom stereocenters. The van der Waals surface area contributed by atoms with Crippen LogP contribution in [0.5, 0.6) is 0 Å². The molecular formula is C96H60N12S3. The summed E-state index contributed by atoms with van der Waals surface area (Å²) in [5, 5.41) is 21.3. The molecule has 12 aromatic carbocycles. The highest BCUT2D eigenvalue weighted by atomic mass is 32.1. The number of aromatic nitrogens is 12. The quantitative estimate of drug-likeness (QED) is 0.142. The summed E-state index contributed by atoms with van der Waals surface area (Å²) in [5.74, 6) is 0. The summed E-state index contributed by atoms with van der Waals surface area (Å²) in [5.41, 5.74) is 21.0. The molecular weight excluding hydrogens is 1420 g/mol. The highest BCUT2D eigenvalue weighted by molar-refractivity contribution is 7.18. The van der Waals surface area contributed by atoms with Gasteiger partial charge in [-0.2, -0.15) is 0 Å². The average molecular weight is 1480 g/mol. The van der Waals surface area contributed by atoms with E-state index in [1.54, 1.807) is 34.0 Å². The van der Waals surface area contributed by atoms with E-state index < -0.39 is 0 Å². The number of hydrogen-bond acceptors (Lipinski definition) is 9. The molecule has 0 saturated carbocycles. The minimum Gasteiger partial charge on any atom is -0.309 e. The van der Waals surface area contributed by atoms with Crippen molar-refractivity contribution in [2.45, 2.75) is 0 Å². The standard InChI is InChI=1S/3C32H20N4S/c1-2-8-21(9-3-1)32-34-20-31(37-32)36-28-13-7-5-11-24(28)26-18-25-23-10-4-6-12-27(23)35(29(25)19-30(26)36)22-14-16-33-17-15-22;1-2-8-21(9-3-1)32-34-20-29(37-32)36-28-13-7-5-11-24(28)26-15-14-25-23-10-4-6-12-27(23)35(30(25)31(26)36)22-16-18-33-19-17-22;1-2-8-21(9-3-1)32-34-20-29(37-32)36-26-13-7-5-11-24(26)31-28(36)15-14-27-30(31)23-10-4-6-12-25(23)35(27)22-16-18-33-19-17-22/h3*1-20H. The van der Waals surface area contributed by atoms with E-state index in [4.69, 9.17) is 15.0 Å². The largest absolute Gasteiger partial charge is 0.309 e. The normalized spacial score (nSPS) is 11.8. The van der Waals surface area contributed by atoms with Crippen molar-refractivity contribution in [3.8, 4) is 63.8 Å². The predicted octanol–water partition coefficient (Wildman–Crippen LogP) is 25.2. The molecule has 0 aliphatic carbocycles. The zero-order chi connectivity index (χ0) is 73.0. The van der Waals surface area contributed by atoms with Crippen molar-refractivity contribution in [3.05, 3.63) is 365 Å². The summed E-state index contributed by atoms with van der Waals surface area (Å²) in [6, 6.07) is 109. The van der Waals surface area contributed by atoms with Gasteiger partial charge in [-0.3, -0.25) is 28.7 Å². The summed E-state index contributed by atoms with van der Waals surface area (Å²) in [4.78, 5) is 27.2. The summed E-state index contributed by atoms with van der Waals surface area (Å²) in [7, 11) is 0. The van der Waals surface area contributed by atoms with Gasteiger partial charge in [-0.25, -0.2) is 15.0 Å². The Labute approximate surface area is 646 Å². The summed E-state index contributed by atoms with van der Waals surface area (Å²) >= 11 is 5.17. The van der Waals surface area contributed by atoms with Crippen LogP contribution in [0.4, 0.5) is 0 Å². The summed E-state index contributed by atoms with van der Waals surface area (Å²) in [6.07, 6.45) is 17.2. The minimum atomic E-state index is 1.02. The van der Waals surface area contributed by atoms with Crippen LogP contribution in [0.1, 0.15) is 0 Å². The molecule has 522 valence electrons. The number of rotatable bonds is 9. The van der Waals surface area contributed by atoms with Gasteiger partial charge in [0.2, 0.25) is 0 Å². The van der Waals surface area contributed by atoms with Gasteiger partial charge in [-0.15, -0.1) is 0 Å². The van der Waals surface area contributed by atoms with Crippen molar-refractivity contribution in [2.24, 2.45) is 0 Å². The molecule has 15 heteroatoms. The molecule has 0 bridgehead atoms. The van der Waals surface area contributed by atoms with Crippen LogP contribution in [0.25, 0.3) is 195 Å². The number of thiazole rings is 3. The third-order valence-electron chi connectivity index (χ3n) is 21.4. The first-order valence-electron chi connectivity index (χ1n) is 36.8. The summed E-state index contributed by atoms with van der Waals surface area (Å²) in [6.45, 7) is 0. The number of para-hydroxylation sites is 6. The smallest absolute Gasteiger partial charge is 0.125 e. The number of hydrogen-bond donors (Lipinski definition) is 0. The molecule has 0 aliphatic heterocycles. The van der Waals surface area contributed by atoms with Crippen LogP contribution in [-0.2, 0) is 0 Å². The number of nitrogens with zero attached hydrogens (tertiary/aromatic N) is 12. The molecule has 0 spiro atoms. The Hall–Kier alpha value is -14.2. The van der Waals surface area contributed by atoms with Gasteiger partial charge in [0.1, 0.15) is 30.0 Å². The van der Waals surface area contributed by atoms with Crippen molar-refractivity contribution in [2.75, 3.05) is 0 Å². The second-order valence-corrected chi connectivity index (χ2v) is 30.5. The van der Waals surface area contributed by atoms with E-state index in [2.05, 4.69) is 334 Å². The van der Waals surface area contributed by atoms with E-state index >= 15 is 0 Å². The second-order valence-electron chi connectivity index (χ2n) is 27.4. The highest BCUT2D eigenvalue weighted by Gasteiger charge is 2.26. The monoisotopic (exact) mass is 1480 g/mol. The molecule has 0 radical (unpaired) electrons. The van der Waals surface area contributed by atoms with Gasteiger partial charge in [0.25, 0.3) is 0 Å². The van der Waals surface area contributed by atoms with Crippen LogP contribution in [-0.4, -0.2) is 57.3 Å². The molecule has 12 nitrogen and oxygen atoms in total. The number of pyridine rings is 3. The predicted molar refractivity (Wildman–Crippen MR) is 462 cm³/mol. The van der Waals surface area contributed by atoms with Crippen LogP contribution in [0.15, 0.2) is 365 Å². The van der Waals surface area contributed by atoms with Crippen LogP contribution in [0.2, 0.25) is 0 Å².